The van der Waals surface area contributed by atoms with Gasteiger partial charge >= 0.3 is 0 Å². The summed E-state index contributed by atoms with van der Waals surface area (Å²) in [6.45, 7) is 0. The van der Waals surface area contributed by atoms with Crippen LogP contribution in [0.4, 0.5) is 5.69 Å². The molecule has 1 aromatic heterocycles. The second-order valence-electron chi connectivity index (χ2n) is 7.04. The van der Waals surface area contributed by atoms with Crippen LogP contribution >= 0.6 is 34.9 Å². The molecule has 0 aliphatic heterocycles. The number of aromatic nitrogens is 2. The van der Waals surface area contributed by atoms with Crippen molar-refractivity contribution < 1.29 is 9.72 Å². The molecule has 0 atom stereocenters. The van der Waals surface area contributed by atoms with E-state index in [0.717, 1.165) is 10.1 Å². The molecule has 4 aromatic rings. The molecule has 1 N–H and O–H groups in total. The lowest BCUT2D eigenvalue weighted by Gasteiger charge is -2.04. The highest BCUT2D eigenvalue weighted by Crippen LogP contribution is 2.32. The van der Waals surface area contributed by atoms with E-state index < -0.39 is 4.92 Å². The average molecular weight is 522 g/mol. The SMILES string of the molecule is O=C(CSc1nnc(SCc2cccc3ccccc23)s1)N/N=C\C=C/c1ccccc1[N+](=O)[O-]. The average Bonchev–Trinajstić information content (AvgIpc) is 3.34. The molecule has 1 heterocycles. The second-order valence-corrected chi connectivity index (χ2v) is 10.5. The predicted octanol–water partition coefficient (Wildman–Crippen LogP) is 5.80. The lowest BCUT2D eigenvalue weighted by atomic mass is 10.1. The van der Waals surface area contributed by atoms with E-state index in [-0.39, 0.29) is 17.3 Å². The first-order valence-corrected chi connectivity index (χ1v) is 13.2. The van der Waals surface area contributed by atoms with Gasteiger partial charge in [-0.25, -0.2) is 5.43 Å². The van der Waals surface area contributed by atoms with E-state index in [1.165, 1.54) is 57.8 Å². The molecule has 35 heavy (non-hydrogen) atoms. The monoisotopic (exact) mass is 521 g/mol. The quantitative estimate of drug-likeness (QED) is 0.122. The molecule has 0 unspecified atom stereocenters. The zero-order valence-electron chi connectivity index (χ0n) is 18.2. The summed E-state index contributed by atoms with van der Waals surface area (Å²) in [5.41, 5.74) is 4.12. The van der Waals surface area contributed by atoms with Gasteiger partial charge < -0.3 is 0 Å². The third-order valence-electron chi connectivity index (χ3n) is 4.70. The number of nitrogens with one attached hydrogen (secondary N) is 1. The van der Waals surface area contributed by atoms with Crippen LogP contribution < -0.4 is 5.43 Å². The number of fused-ring (bicyclic) bond motifs is 1. The lowest BCUT2D eigenvalue weighted by molar-refractivity contribution is -0.385. The van der Waals surface area contributed by atoms with Crippen LogP contribution in [0.15, 0.2) is 86.6 Å². The number of carbonyl (C=O) groups excluding carboxylic acids is 1. The summed E-state index contributed by atoms with van der Waals surface area (Å²) < 4.78 is 1.56. The van der Waals surface area contributed by atoms with Gasteiger partial charge in [-0.15, -0.1) is 10.2 Å². The van der Waals surface area contributed by atoms with Gasteiger partial charge in [0.1, 0.15) is 0 Å². The Morgan fingerprint density at radius 2 is 1.77 bits per heavy atom. The number of carbonyl (C=O) groups is 1. The lowest BCUT2D eigenvalue weighted by Crippen LogP contribution is -2.19. The Kier molecular flexibility index (Phi) is 8.60. The van der Waals surface area contributed by atoms with Crippen molar-refractivity contribution in [2.24, 2.45) is 5.10 Å². The van der Waals surface area contributed by atoms with Gasteiger partial charge in [0.25, 0.3) is 11.6 Å². The van der Waals surface area contributed by atoms with Crippen LogP contribution in [0.3, 0.4) is 0 Å². The fourth-order valence-corrected chi connectivity index (χ4v) is 5.94. The maximum atomic E-state index is 12.0. The van der Waals surface area contributed by atoms with E-state index in [2.05, 4.69) is 51.1 Å². The largest absolute Gasteiger partial charge is 0.276 e. The van der Waals surface area contributed by atoms with Gasteiger partial charge in [0, 0.05) is 18.0 Å². The molecule has 1 amide bonds. The van der Waals surface area contributed by atoms with Crippen molar-refractivity contribution in [1.82, 2.24) is 15.6 Å². The Labute approximate surface area is 213 Å². The van der Waals surface area contributed by atoms with Crippen molar-refractivity contribution in [2.75, 3.05) is 5.75 Å². The molecule has 0 aliphatic rings. The molecular weight excluding hydrogens is 502 g/mol. The van der Waals surface area contributed by atoms with Crippen LogP contribution in [0, 0.1) is 10.1 Å². The summed E-state index contributed by atoms with van der Waals surface area (Å²) in [5.74, 6) is 0.647. The van der Waals surface area contributed by atoms with Gasteiger partial charge in [0.2, 0.25) is 0 Å². The van der Waals surface area contributed by atoms with Crippen LogP contribution in [0.25, 0.3) is 16.8 Å². The molecule has 0 aliphatic carbocycles. The molecule has 8 nitrogen and oxygen atoms in total. The highest BCUT2D eigenvalue weighted by Gasteiger charge is 2.10. The van der Waals surface area contributed by atoms with E-state index in [0.29, 0.717) is 9.90 Å². The minimum atomic E-state index is -0.448. The van der Waals surface area contributed by atoms with Crippen LogP contribution in [0.1, 0.15) is 11.1 Å². The molecule has 4 rings (SSSR count). The zero-order valence-corrected chi connectivity index (χ0v) is 20.7. The number of para-hydroxylation sites is 1. The smallest absolute Gasteiger partial charge is 0.272 e. The molecule has 0 saturated carbocycles. The highest BCUT2D eigenvalue weighted by atomic mass is 32.2. The third-order valence-corrected chi connectivity index (χ3v) is 7.94. The Morgan fingerprint density at radius 3 is 2.63 bits per heavy atom. The van der Waals surface area contributed by atoms with Crippen molar-refractivity contribution in [3.05, 3.63) is 94.0 Å². The standard InChI is InChI=1S/C24H19N5O3S3/c30-22(26-25-14-6-11-18-8-2-4-13-21(18)29(31)32)16-34-24-28-27-23(35-24)33-15-19-10-5-9-17-7-1-3-12-20(17)19/h1-14H,15-16H2,(H,26,30)/b11-6-,25-14-. The number of thioether (sulfide) groups is 2. The Balaban J connectivity index is 1.22. The van der Waals surface area contributed by atoms with E-state index in [1.807, 2.05) is 12.1 Å². The van der Waals surface area contributed by atoms with Gasteiger partial charge in [-0.3, -0.25) is 14.9 Å². The van der Waals surface area contributed by atoms with E-state index >= 15 is 0 Å². The van der Waals surface area contributed by atoms with Crippen LogP contribution in [-0.4, -0.2) is 33.0 Å². The van der Waals surface area contributed by atoms with Crippen LogP contribution in [0.5, 0.6) is 0 Å². The van der Waals surface area contributed by atoms with Gasteiger partial charge in [0.15, 0.2) is 8.68 Å². The molecule has 0 spiro atoms. The fourth-order valence-electron chi connectivity index (χ4n) is 3.12. The Morgan fingerprint density at radius 1 is 1.03 bits per heavy atom. The van der Waals surface area contributed by atoms with E-state index in [9.17, 15) is 14.9 Å². The number of allylic oxidation sites excluding steroid dienone is 1. The van der Waals surface area contributed by atoms with Gasteiger partial charge in [-0.05, 0) is 34.6 Å². The fraction of sp³-hybridized carbons (Fsp3) is 0.0833. The van der Waals surface area contributed by atoms with Crippen LogP contribution in [-0.2, 0) is 10.5 Å². The molecule has 0 bridgehead atoms. The summed E-state index contributed by atoms with van der Waals surface area (Å²) in [6.07, 6.45) is 4.45. The topological polar surface area (TPSA) is 110 Å². The first kappa shape index (κ1) is 24.6. The normalized spacial score (nSPS) is 11.4. The number of nitro benzene ring substituents is 1. The van der Waals surface area contributed by atoms with Crippen LogP contribution in [0.2, 0.25) is 0 Å². The van der Waals surface area contributed by atoms with Crippen molar-refractivity contribution in [1.29, 1.82) is 0 Å². The Bertz CT molecular complexity index is 1400. The van der Waals surface area contributed by atoms with Gasteiger partial charge in [0.05, 0.1) is 16.2 Å². The summed E-state index contributed by atoms with van der Waals surface area (Å²) in [6, 6.07) is 20.9. The predicted molar refractivity (Wildman–Crippen MR) is 143 cm³/mol. The minimum absolute atomic E-state index is 0.00398. The number of amides is 1. The number of nitrogens with zero attached hydrogens (tertiary/aromatic N) is 4. The highest BCUT2D eigenvalue weighted by molar-refractivity contribution is 8.03. The molecule has 176 valence electrons. The number of hydrogen-bond acceptors (Lipinski definition) is 9. The van der Waals surface area contributed by atoms with E-state index in [1.54, 1.807) is 36.0 Å². The van der Waals surface area contributed by atoms with Crippen molar-refractivity contribution in [3.8, 4) is 0 Å². The summed E-state index contributed by atoms with van der Waals surface area (Å²) in [4.78, 5) is 22.6. The molecular formula is C24H19N5O3S3. The zero-order chi connectivity index (χ0) is 24.5. The number of nitro groups is 1. The first-order valence-electron chi connectivity index (χ1n) is 10.4. The summed E-state index contributed by atoms with van der Waals surface area (Å²) in [5, 5.41) is 25.7. The second kappa shape index (κ2) is 12.2. The van der Waals surface area contributed by atoms with Crippen molar-refractivity contribution in [3.63, 3.8) is 0 Å². The van der Waals surface area contributed by atoms with Gasteiger partial charge in [-0.1, -0.05) is 89.5 Å². The van der Waals surface area contributed by atoms with Gasteiger partial charge in [-0.2, -0.15) is 5.10 Å². The summed E-state index contributed by atoms with van der Waals surface area (Å²) in [7, 11) is 0. The maximum absolute atomic E-state index is 12.0. The third kappa shape index (κ3) is 6.98. The number of hydrazone groups is 1. The molecule has 0 saturated heterocycles. The Hall–Kier alpha value is -3.54. The maximum Gasteiger partial charge on any atom is 0.276 e. The molecule has 11 heteroatoms. The summed E-state index contributed by atoms with van der Waals surface area (Å²) >= 11 is 4.37. The first-order chi connectivity index (χ1) is 17.1. The van der Waals surface area contributed by atoms with Crippen molar-refractivity contribution in [2.45, 2.75) is 14.4 Å². The van der Waals surface area contributed by atoms with E-state index in [4.69, 9.17) is 0 Å². The number of rotatable bonds is 10. The van der Waals surface area contributed by atoms with Crippen molar-refractivity contribution >= 4 is 69.5 Å². The molecule has 0 fully saturated rings. The number of benzene rings is 3. The number of hydrogen-bond donors (Lipinski definition) is 1. The molecule has 3 aromatic carbocycles. The minimum Gasteiger partial charge on any atom is -0.272 e. The molecule has 0 radical (unpaired) electrons.